The van der Waals surface area contributed by atoms with Crippen LogP contribution in [0.1, 0.15) is 69.8 Å². The van der Waals surface area contributed by atoms with Crippen LogP contribution in [0.15, 0.2) is 18.2 Å². The molecule has 7 heteroatoms. The van der Waals surface area contributed by atoms with E-state index in [-0.39, 0.29) is 11.9 Å². The maximum absolute atomic E-state index is 12.0. The maximum atomic E-state index is 12.0. The van der Waals surface area contributed by atoms with Crippen LogP contribution in [0.4, 0.5) is 5.69 Å². The van der Waals surface area contributed by atoms with Gasteiger partial charge in [-0.05, 0) is 78.1 Å². The van der Waals surface area contributed by atoms with Crippen LogP contribution < -0.4 is 15.4 Å². The molecule has 3 N–H and O–H groups in total. The summed E-state index contributed by atoms with van der Waals surface area (Å²) < 4.78 is 25.8. The number of aryl methyl sites for hydroxylation is 1. The fourth-order valence-electron chi connectivity index (χ4n) is 2.42. The van der Waals surface area contributed by atoms with E-state index >= 15 is 0 Å². The van der Waals surface area contributed by atoms with Crippen LogP contribution in [0.5, 0.6) is 0 Å². The minimum absolute atomic E-state index is 0.0580. The summed E-state index contributed by atoms with van der Waals surface area (Å²) >= 11 is 0. The zero-order valence-corrected chi connectivity index (χ0v) is 18.3. The van der Waals surface area contributed by atoms with Crippen molar-refractivity contribution in [3.05, 3.63) is 29.3 Å². The van der Waals surface area contributed by atoms with Crippen molar-refractivity contribution in [1.29, 1.82) is 0 Å². The third kappa shape index (κ3) is 7.89. The van der Waals surface area contributed by atoms with E-state index in [1.54, 1.807) is 20.8 Å². The van der Waals surface area contributed by atoms with Gasteiger partial charge in [-0.1, -0.05) is 6.42 Å². The van der Waals surface area contributed by atoms with E-state index in [1.165, 1.54) is 0 Å². The Hall–Kier alpha value is -1.60. The quantitative estimate of drug-likeness (QED) is 0.528. The summed E-state index contributed by atoms with van der Waals surface area (Å²) in [5.41, 5.74) is 2.71. The van der Waals surface area contributed by atoms with Gasteiger partial charge in [-0.2, -0.15) is 0 Å². The number of benzene rings is 1. The van der Waals surface area contributed by atoms with Crippen molar-refractivity contribution in [2.75, 3.05) is 18.4 Å². The van der Waals surface area contributed by atoms with Gasteiger partial charge in [0, 0.05) is 30.4 Å². The Morgan fingerprint density at radius 1 is 1.07 bits per heavy atom. The Morgan fingerprint density at radius 2 is 1.70 bits per heavy atom. The fraction of sp³-hybridized carbons (Fsp3) is 0.650. The predicted molar refractivity (Wildman–Crippen MR) is 113 cm³/mol. The molecule has 0 aliphatic heterocycles. The van der Waals surface area contributed by atoms with Crippen molar-refractivity contribution >= 4 is 21.6 Å². The molecule has 0 saturated heterocycles. The third-order valence-corrected chi connectivity index (χ3v) is 6.37. The largest absolute Gasteiger partial charge is 0.385 e. The molecule has 0 radical (unpaired) electrons. The summed E-state index contributed by atoms with van der Waals surface area (Å²) in [6.07, 6.45) is 2.70. The molecule has 0 spiro atoms. The Bertz CT molecular complexity index is 722. The number of nitrogens with one attached hydrogen (secondary N) is 3. The molecule has 6 nitrogen and oxygen atoms in total. The number of carbonyl (C=O) groups excluding carboxylic acids is 1. The lowest BCUT2D eigenvalue weighted by atomic mass is 10.1. The van der Waals surface area contributed by atoms with Crippen LogP contribution in [0.3, 0.4) is 0 Å². The predicted octanol–water partition coefficient (Wildman–Crippen LogP) is 3.43. The van der Waals surface area contributed by atoms with Crippen molar-refractivity contribution in [3.8, 4) is 0 Å². The van der Waals surface area contributed by atoms with Gasteiger partial charge in [0.2, 0.25) is 10.0 Å². The van der Waals surface area contributed by atoms with Crippen LogP contribution in [0.25, 0.3) is 0 Å². The minimum Gasteiger partial charge on any atom is -0.385 e. The van der Waals surface area contributed by atoms with Gasteiger partial charge < -0.3 is 10.6 Å². The van der Waals surface area contributed by atoms with Crippen molar-refractivity contribution in [3.63, 3.8) is 0 Å². The molecule has 1 aromatic carbocycles. The van der Waals surface area contributed by atoms with E-state index in [2.05, 4.69) is 15.4 Å². The molecule has 0 unspecified atom stereocenters. The maximum Gasteiger partial charge on any atom is 0.251 e. The molecule has 27 heavy (non-hydrogen) atoms. The molecule has 0 atom stereocenters. The van der Waals surface area contributed by atoms with Gasteiger partial charge in [0.15, 0.2) is 0 Å². The lowest BCUT2D eigenvalue weighted by molar-refractivity contribution is 0.0943. The third-order valence-electron chi connectivity index (χ3n) is 4.18. The molecule has 0 bridgehead atoms. The van der Waals surface area contributed by atoms with E-state index in [1.807, 2.05) is 39.0 Å². The van der Waals surface area contributed by atoms with Gasteiger partial charge in [-0.15, -0.1) is 0 Å². The highest BCUT2D eigenvalue weighted by Crippen LogP contribution is 2.17. The van der Waals surface area contributed by atoms with Crippen LogP contribution >= 0.6 is 0 Å². The van der Waals surface area contributed by atoms with Crippen molar-refractivity contribution in [2.24, 2.45) is 0 Å². The van der Waals surface area contributed by atoms with Gasteiger partial charge in [0.05, 0.1) is 4.75 Å². The van der Waals surface area contributed by atoms with Crippen LogP contribution in [0, 0.1) is 6.92 Å². The highest BCUT2D eigenvalue weighted by Gasteiger charge is 2.27. The second-order valence-electron chi connectivity index (χ2n) is 8.16. The number of carbonyl (C=O) groups is 1. The van der Waals surface area contributed by atoms with E-state index in [9.17, 15) is 13.2 Å². The molecule has 1 rings (SSSR count). The molecular weight excluding hydrogens is 362 g/mol. The second-order valence-corrected chi connectivity index (χ2v) is 10.7. The molecule has 0 heterocycles. The number of sulfonamides is 1. The van der Waals surface area contributed by atoms with E-state index in [4.69, 9.17) is 0 Å². The fourth-order valence-corrected chi connectivity index (χ4v) is 3.27. The lowest BCUT2D eigenvalue weighted by Gasteiger charge is -2.19. The molecule has 1 aromatic rings. The molecule has 1 amide bonds. The lowest BCUT2D eigenvalue weighted by Crippen LogP contribution is -2.39. The normalized spacial score (nSPS) is 12.3. The summed E-state index contributed by atoms with van der Waals surface area (Å²) in [5.74, 6) is -0.0580. The average Bonchev–Trinajstić information content (AvgIpc) is 2.53. The Labute approximate surface area is 164 Å². The number of rotatable bonds is 10. The summed E-state index contributed by atoms with van der Waals surface area (Å²) in [7, 11) is -3.26. The number of amides is 1. The summed E-state index contributed by atoms with van der Waals surface area (Å²) in [5, 5.41) is 6.27. The van der Waals surface area contributed by atoms with Crippen LogP contribution in [-0.4, -0.2) is 38.2 Å². The molecular formula is C20H35N3O3S. The first-order chi connectivity index (χ1) is 12.4. The van der Waals surface area contributed by atoms with Crippen molar-refractivity contribution < 1.29 is 13.2 Å². The van der Waals surface area contributed by atoms with Crippen molar-refractivity contribution in [1.82, 2.24) is 10.0 Å². The first-order valence-corrected chi connectivity index (χ1v) is 11.1. The molecule has 0 aliphatic carbocycles. The molecule has 0 fully saturated rings. The average molecular weight is 398 g/mol. The van der Waals surface area contributed by atoms with E-state index in [0.717, 1.165) is 37.1 Å². The minimum atomic E-state index is -3.26. The number of hydrogen-bond acceptors (Lipinski definition) is 4. The topological polar surface area (TPSA) is 87.3 Å². The molecule has 0 aliphatic rings. The number of hydrogen-bond donors (Lipinski definition) is 3. The second kappa shape index (κ2) is 10.1. The molecule has 0 aromatic heterocycles. The first kappa shape index (κ1) is 23.4. The van der Waals surface area contributed by atoms with Crippen LogP contribution in [-0.2, 0) is 10.0 Å². The SMILES string of the molecule is Cc1cc(C(=O)NC(C)C)ccc1NCCCCCNS(=O)(=O)C(C)(C)C. The smallest absolute Gasteiger partial charge is 0.251 e. The van der Waals surface area contributed by atoms with Gasteiger partial charge >= 0.3 is 0 Å². The Morgan fingerprint density at radius 3 is 2.26 bits per heavy atom. The van der Waals surface area contributed by atoms with Gasteiger partial charge in [0.25, 0.3) is 5.91 Å². The highest BCUT2D eigenvalue weighted by molar-refractivity contribution is 7.90. The molecule has 154 valence electrons. The number of unbranched alkanes of at least 4 members (excludes halogenated alkanes) is 2. The van der Waals surface area contributed by atoms with E-state index < -0.39 is 14.8 Å². The Kier molecular flexibility index (Phi) is 8.75. The summed E-state index contributed by atoms with van der Waals surface area (Å²) in [4.78, 5) is 12.0. The zero-order chi connectivity index (χ0) is 20.7. The zero-order valence-electron chi connectivity index (χ0n) is 17.5. The summed E-state index contributed by atoms with van der Waals surface area (Å²) in [6.45, 7) is 12.2. The molecule has 0 saturated carbocycles. The first-order valence-electron chi connectivity index (χ1n) is 9.58. The van der Waals surface area contributed by atoms with E-state index in [0.29, 0.717) is 12.1 Å². The van der Waals surface area contributed by atoms with Gasteiger partial charge in [-0.3, -0.25) is 4.79 Å². The van der Waals surface area contributed by atoms with Crippen LogP contribution in [0.2, 0.25) is 0 Å². The Balaban J connectivity index is 2.34. The van der Waals surface area contributed by atoms with Crippen molar-refractivity contribution in [2.45, 2.75) is 71.6 Å². The standard InChI is InChI=1S/C20H35N3O3S/c1-15(2)23-19(24)17-10-11-18(16(3)14-17)21-12-8-7-9-13-22-27(25,26)20(4,5)6/h10-11,14-15,21-22H,7-9,12-13H2,1-6H3,(H,23,24). The van der Waals surface area contributed by atoms with Gasteiger partial charge in [-0.25, -0.2) is 13.1 Å². The summed E-state index contributed by atoms with van der Waals surface area (Å²) in [6, 6.07) is 5.76. The van der Waals surface area contributed by atoms with Gasteiger partial charge in [0.1, 0.15) is 0 Å². The monoisotopic (exact) mass is 397 g/mol. The number of anilines is 1. The highest BCUT2D eigenvalue weighted by atomic mass is 32.2.